The van der Waals surface area contributed by atoms with Crippen molar-refractivity contribution in [1.82, 2.24) is 15.1 Å². The summed E-state index contributed by atoms with van der Waals surface area (Å²) in [5.41, 5.74) is 0.943. The highest BCUT2D eigenvalue weighted by Gasteiger charge is 2.26. The lowest BCUT2D eigenvalue weighted by atomic mass is 10.0. The van der Waals surface area contributed by atoms with E-state index in [0.29, 0.717) is 24.9 Å². The Morgan fingerprint density at radius 2 is 1.68 bits per heavy atom. The summed E-state index contributed by atoms with van der Waals surface area (Å²) < 4.78 is 5.25. The smallest absolute Gasteiger partial charge is 0.407 e. The summed E-state index contributed by atoms with van der Waals surface area (Å²) in [4.78, 5) is 29.0. The molecule has 1 aliphatic heterocycles. The number of amides is 2. The van der Waals surface area contributed by atoms with Gasteiger partial charge < -0.3 is 19.9 Å². The number of likely N-dealkylation sites (tertiary alicyclic amines) is 1. The van der Waals surface area contributed by atoms with Gasteiger partial charge in [-0.1, -0.05) is 56.5 Å². The number of alkyl carbamates (subject to hydrolysis) is 1. The molecule has 6 heteroatoms. The number of piperidine rings is 1. The molecule has 192 valence electrons. The van der Waals surface area contributed by atoms with Crippen LogP contribution in [0.1, 0.15) is 84.6 Å². The van der Waals surface area contributed by atoms with Gasteiger partial charge in [-0.3, -0.25) is 4.79 Å². The predicted molar refractivity (Wildman–Crippen MR) is 139 cm³/mol. The third-order valence-electron chi connectivity index (χ3n) is 6.42. The number of nitrogens with one attached hydrogen (secondary N) is 1. The maximum atomic E-state index is 12.6. The lowest BCUT2D eigenvalue weighted by molar-refractivity contribution is -0.134. The second-order valence-corrected chi connectivity index (χ2v) is 10.4. The van der Waals surface area contributed by atoms with Crippen molar-refractivity contribution in [2.45, 2.75) is 97.1 Å². The Labute approximate surface area is 207 Å². The molecule has 0 atom stereocenters. The Kier molecular flexibility index (Phi) is 12.4. The molecule has 1 aliphatic rings. The average molecular weight is 474 g/mol. The van der Waals surface area contributed by atoms with Gasteiger partial charge in [0.15, 0.2) is 0 Å². The van der Waals surface area contributed by atoms with Crippen LogP contribution >= 0.6 is 0 Å². The first kappa shape index (κ1) is 28.2. The van der Waals surface area contributed by atoms with E-state index in [4.69, 9.17) is 4.74 Å². The van der Waals surface area contributed by atoms with Gasteiger partial charge in [0, 0.05) is 45.2 Å². The molecule has 2 amide bonds. The zero-order valence-electron chi connectivity index (χ0n) is 22.0. The monoisotopic (exact) mass is 473 g/mol. The van der Waals surface area contributed by atoms with Crippen LogP contribution in [0.3, 0.4) is 0 Å². The van der Waals surface area contributed by atoms with E-state index in [0.717, 1.165) is 77.5 Å². The highest BCUT2D eigenvalue weighted by Crippen LogP contribution is 2.19. The van der Waals surface area contributed by atoms with E-state index in [1.165, 1.54) is 5.56 Å². The minimum Gasteiger partial charge on any atom is -0.444 e. The fourth-order valence-electron chi connectivity index (χ4n) is 4.54. The summed E-state index contributed by atoms with van der Waals surface area (Å²) >= 11 is 0. The van der Waals surface area contributed by atoms with E-state index >= 15 is 0 Å². The normalized spacial score (nSPS) is 15.2. The van der Waals surface area contributed by atoms with Crippen molar-refractivity contribution in [2.24, 2.45) is 0 Å². The van der Waals surface area contributed by atoms with Crippen molar-refractivity contribution in [3.05, 3.63) is 35.9 Å². The molecule has 1 heterocycles. The molecule has 0 radical (unpaired) electrons. The minimum absolute atomic E-state index is 0.296. The van der Waals surface area contributed by atoms with Crippen LogP contribution in [0.4, 0.5) is 4.79 Å². The van der Waals surface area contributed by atoms with Crippen LogP contribution in [0.15, 0.2) is 30.3 Å². The van der Waals surface area contributed by atoms with Gasteiger partial charge in [-0.05, 0) is 58.4 Å². The SMILES string of the molecule is CCC(=O)N(CCCCCCCNC(=O)OC(C)(C)C)C1CCN(CCc2ccccc2)CC1. The summed E-state index contributed by atoms with van der Waals surface area (Å²) in [6.07, 6.45) is 8.84. The van der Waals surface area contributed by atoms with E-state index in [1.54, 1.807) is 0 Å². The summed E-state index contributed by atoms with van der Waals surface area (Å²) in [6, 6.07) is 11.1. The molecule has 1 fully saturated rings. The van der Waals surface area contributed by atoms with E-state index in [-0.39, 0.29) is 6.09 Å². The van der Waals surface area contributed by atoms with E-state index in [9.17, 15) is 9.59 Å². The predicted octanol–water partition coefficient (Wildman–Crippen LogP) is 5.41. The van der Waals surface area contributed by atoms with Gasteiger partial charge in [-0.25, -0.2) is 4.79 Å². The van der Waals surface area contributed by atoms with E-state index < -0.39 is 5.60 Å². The number of hydrogen-bond acceptors (Lipinski definition) is 4. The zero-order chi connectivity index (χ0) is 24.8. The number of rotatable bonds is 13. The molecule has 1 saturated heterocycles. The molecule has 0 spiro atoms. The maximum Gasteiger partial charge on any atom is 0.407 e. The summed E-state index contributed by atoms with van der Waals surface area (Å²) in [6.45, 7) is 12.4. The largest absolute Gasteiger partial charge is 0.444 e. The molecule has 0 aromatic heterocycles. The number of nitrogens with zero attached hydrogens (tertiary/aromatic N) is 2. The van der Waals surface area contributed by atoms with Crippen molar-refractivity contribution in [1.29, 1.82) is 0 Å². The van der Waals surface area contributed by atoms with Crippen molar-refractivity contribution >= 4 is 12.0 Å². The first-order valence-electron chi connectivity index (χ1n) is 13.3. The molecule has 2 rings (SSSR count). The molecule has 0 unspecified atom stereocenters. The molecule has 1 N–H and O–H groups in total. The second-order valence-electron chi connectivity index (χ2n) is 10.4. The number of carbonyl (C=O) groups excluding carboxylic acids is 2. The van der Waals surface area contributed by atoms with Crippen molar-refractivity contribution in [2.75, 3.05) is 32.7 Å². The summed E-state index contributed by atoms with van der Waals surface area (Å²) in [5, 5.41) is 2.82. The van der Waals surface area contributed by atoms with Crippen LogP contribution in [0, 0.1) is 0 Å². The number of unbranched alkanes of at least 4 members (excludes halogenated alkanes) is 4. The Bertz CT molecular complexity index is 709. The highest BCUT2D eigenvalue weighted by molar-refractivity contribution is 5.76. The number of ether oxygens (including phenoxy) is 1. The Balaban J connectivity index is 1.60. The first-order valence-corrected chi connectivity index (χ1v) is 13.3. The lowest BCUT2D eigenvalue weighted by Gasteiger charge is -2.38. The molecule has 34 heavy (non-hydrogen) atoms. The van der Waals surface area contributed by atoms with Gasteiger partial charge in [0.05, 0.1) is 0 Å². The van der Waals surface area contributed by atoms with Crippen LogP contribution in [0.25, 0.3) is 0 Å². The Morgan fingerprint density at radius 1 is 1.03 bits per heavy atom. The molecule has 0 bridgehead atoms. The molecular formula is C28H47N3O3. The number of hydrogen-bond donors (Lipinski definition) is 1. The molecule has 0 aliphatic carbocycles. The first-order chi connectivity index (χ1) is 16.3. The third-order valence-corrected chi connectivity index (χ3v) is 6.42. The van der Waals surface area contributed by atoms with Crippen molar-refractivity contribution in [3.8, 4) is 0 Å². The lowest BCUT2D eigenvalue weighted by Crippen LogP contribution is -2.48. The molecule has 6 nitrogen and oxygen atoms in total. The van der Waals surface area contributed by atoms with Crippen LogP contribution in [-0.4, -0.2) is 66.2 Å². The number of benzene rings is 1. The van der Waals surface area contributed by atoms with Crippen LogP contribution in [0.2, 0.25) is 0 Å². The quantitative estimate of drug-likeness (QED) is 0.389. The summed E-state index contributed by atoms with van der Waals surface area (Å²) in [5.74, 6) is 0.296. The second kappa shape index (κ2) is 15.0. The van der Waals surface area contributed by atoms with Crippen molar-refractivity contribution in [3.63, 3.8) is 0 Å². The molecule has 0 saturated carbocycles. The average Bonchev–Trinajstić information content (AvgIpc) is 2.81. The van der Waals surface area contributed by atoms with E-state index in [1.807, 2.05) is 27.7 Å². The molecular weight excluding hydrogens is 426 g/mol. The fourth-order valence-corrected chi connectivity index (χ4v) is 4.54. The Morgan fingerprint density at radius 3 is 2.32 bits per heavy atom. The minimum atomic E-state index is -0.454. The van der Waals surface area contributed by atoms with E-state index in [2.05, 4.69) is 45.4 Å². The molecule has 1 aromatic carbocycles. The molecule has 1 aromatic rings. The van der Waals surface area contributed by atoms with Crippen LogP contribution in [0.5, 0.6) is 0 Å². The van der Waals surface area contributed by atoms with Crippen molar-refractivity contribution < 1.29 is 14.3 Å². The van der Waals surface area contributed by atoms with Crippen LogP contribution < -0.4 is 5.32 Å². The topological polar surface area (TPSA) is 61.9 Å². The standard InChI is InChI=1S/C28H47N3O3/c1-5-26(32)31(20-13-8-6-7-12-19-29-27(33)34-28(2,3)4)25-17-22-30(23-18-25)21-16-24-14-10-9-11-15-24/h9-11,14-15,25H,5-8,12-13,16-23H2,1-4H3,(H,29,33). The summed E-state index contributed by atoms with van der Waals surface area (Å²) in [7, 11) is 0. The van der Waals surface area contributed by atoms with Gasteiger partial charge in [0.25, 0.3) is 0 Å². The van der Waals surface area contributed by atoms with Crippen LogP contribution in [-0.2, 0) is 16.0 Å². The van der Waals surface area contributed by atoms with Gasteiger partial charge >= 0.3 is 6.09 Å². The Hall–Kier alpha value is -2.08. The van der Waals surface area contributed by atoms with Gasteiger partial charge in [0.2, 0.25) is 5.91 Å². The maximum absolute atomic E-state index is 12.6. The number of carbonyl (C=O) groups is 2. The highest BCUT2D eigenvalue weighted by atomic mass is 16.6. The zero-order valence-corrected chi connectivity index (χ0v) is 22.0. The third kappa shape index (κ3) is 11.4. The fraction of sp³-hybridized carbons (Fsp3) is 0.714. The van der Waals surface area contributed by atoms with Gasteiger partial charge in [0.1, 0.15) is 5.60 Å². The van der Waals surface area contributed by atoms with Gasteiger partial charge in [-0.15, -0.1) is 0 Å². The van der Waals surface area contributed by atoms with Gasteiger partial charge in [-0.2, -0.15) is 0 Å².